The van der Waals surface area contributed by atoms with E-state index in [2.05, 4.69) is 10.4 Å². The molecule has 6 nitrogen and oxygen atoms in total. The highest BCUT2D eigenvalue weighted by atomic mass is 32.2. The van der Waals surface area contributed by atoms with E-state index in [1.807, 2.05) is 30.3 Å². The monoisotopic (exact) mass is 292 g/mol. The van der Waals surface area contributed by atoms with Gasteiger partial charge in [0.15, 0.2) is 0 Å². The Morgan fingerprint density at radius 1 is 1.20 bits per heavy atom. The van der Waals surface area contributed by atoms with Crippen molar-refractivity contribution in [2.24, 2.45) is 14.1 Å². The first kappa shape index (κ1) is 14.4. The van der Waals surface area contributed by atoms with E-state index in [4.69, 9.17) is 0 Å². The van der Waals surface area contributed by atoms with Crippen molar-refractivity contribution in [1.29, 1.82) is 0 Å². The summed E-state index contributed by atoms with van der Waals surface area (Å²) in [5.74, 6) is 1.00. The standard InChI is InChI=1S/C13H16N4O2S/c1-16-12(18)11(15-17(2)13(16)19)14-8-9-20-10-6-4-3-5-7-10/h3-7H,8-9H2,1-2H3,(H,14,15). The molecule has 0 amide bonds. The zero-order valence-electron chi connectivity index (χ0n) is 11.4. The van der Waals surface area contributed by atoms with Crippen molar-refractivity contribution in [3.05, 3.63) is 51.2 Å². The van der Waals surface area contributed by atoms with Crippen LogP contribution in [0.25, 0.3) is 0 Å². The molecule has 1 N–H and O–H groups in total. The Kier molecular flexibility index (Phi) is 4.62. The van der Waals surface area contributed by atoms with Gasteiger partial charge in [0, 0.05) is 31.3 Å². The lowest BCUT2D eigenvalue weighted by Crippen LogP contribution is -2.40. The number of hydrogen-bond acceptors (Lipinski definition) is 5. The lowest BCUT2D eigenvalue weighted by atomic mass is 10.4. The van der Waals surface area contributed by atoms with E-state index in [0.717, 1.165) is 15.0 Å². The van der Waals surface area contributed by atoms with Gasteiger partial charge >= 0.3 is 5.69 Å². The van der Waals surface area contributed by atoms with Gasteiger partial charge < -0.3 is 5.32 Å². The summed E-state index contributed by atoms with van der Waals surface area (Å²) in [6.07, 6.45) is 0. The quantitative estimate of drug-likeness (QED) is 0.648. The molecule has 1 aromatic carbocycles. The Balaban J connectivity index is 1.95. The summed E-state index contributed by atoms with van der Waals surface area (Å²) >= 11 is 1.69. The van der Waals surface area contributed by atoms with Crippen LogP contribution in [0.5, 0.6) is 0 Å². The maximum absolute atomic E-state index is 11.8. The fraction of sp³-hybridized carbons (Fsp3) is 0.308. The van der Waals surface area contributed by atoms with E-state index in [1.54, 1.807) is 11.8 Å². The number of aryl methyl sites for hydroxylation is 1. The van der Waals surface area contributed by atoms with E-state index < -0.39 is 11.2 Å². The molecular formula is C13H16N4O2S. The molecule has 0 spiro atoms. The molecule has 0 saturated heterocycles. The number of hydrogen-bond donors (Lipinski definition) is 1. The van der Waals surface area contributed by atoms with Crippen LogP contribution in [0.15, 0.2) is 44.8 Å². The second-order valence-electron chi connectivity index (χ2n) is 4.21. The molecule has 106 valence electrons. The van der Waals surface area contributed by atoms with Crippen molar-refractivity contribution in [2.75, 3.05) is 17.6 Å². The average Bonchev–Trinajstić information content (AvgIpc) is 2.47. The predicted octanol–water partition coefficient (Wildman–Crippen LogP) is 0.683. The third-order valence-electron chi connectivity index (χ3n) is 2.73. The minimum absolute atomic E-state index is 0.197. The molecule has 0 bridgehead atoms. The summed E-state index contributed by atoms with van der Waals surface area (Å²) in [5, 5.41) is 6.90. The van der Waals surface area contributed by atoms with E-state index in [1.165, 1.54) is 19.0 Å². The number of anilines is 1. The number of benzene rings is 1. The molecule has 1 heterocycles. The van der Waals surface area contributed by atoms with E-state index >= 15 is 0 Å². The molecule has 0 fully saturated rings. The lowest BCUT2D eigenvalue weighted by molar-refractivity contribution is 0.605. The van der Waals surface area contributed by atoms with E-state index in [9.17, 15) is 9.59 Å². The van der Waals surface area contributed by atoms with Crippen LogP contribution in [-0.4, -0.2) is 26.6 Å². The van der Waals surface area contributed by atoms with Gasteiger partial charge in [-0.1, -0.05) is 18.2 Å². The molecule has 0 atom stereocenters. The summed E-state index contributed by atoms with van der Waals surface area (Å²) in [6.45, 7) is 0.597. The predicted molar refractivity (Wildman–Crippen MR) is 80.4 cm³/mol. The maximum Gasteiger partial charge on any atom is 0.346 e. The molecule has 0 aliphatic carbocycles. The van der Waals surface area contributed by atoms with Gasteiger partial charge in [-0.3, -0.25) is 9.36 Å². The van der Waals surface area contributed by atoms with Crippen LogP contribution in [0.3, 0.4) is 0 Å². The van der Waals surface area contributed by atoms with E-state index in [0.29, 0.717) is 6.54 Å². The highest BCUT2D eigenvalue weighted by Crippen LogP contribution is 2.16. The van der Waals surface area contributed by atoms with Crippen LogP contribution in [0.4, 0.5) is 5.82 Å². The van der Waals surface area contributed by atoms with Gasteiger partial charge in [0.05, 0.1) is 0 Å². The van der Waals surface area contributed by atoms with Crippen LogP contribution in [0, 0.1) is 0 Å². The minimum Gasteiger partial charge on any atom is -0.363 e. The maximum atomic E-state index is 11.8. The topological polar surface area (TPSA) is 68.9 Å². The SMILES string of the molecule is Cn1nc(NCCSc2ccccc2)c(=O)n(C)c1=O. The fourth-order valence-electron chi connectivity index (χ4n) is 1.66. The summed E-state index contributed by atoms with van der Waals surface area (Å²) in [7, 11) is 2.96. The van der Waals surface area contributed by atoms with Gasteiger partial charge in [-0.05, 0) is 12.1 Å². The highest BCUT2D eigenvalue weighted by Gasteiger charge is 2.07. The normalized spacial score (nSPS) is 10.5. The van der Waals surface area contributed by atoms with Crippen LogP contribution in [-0.2, 0) is 14.1 Å². The molecule has 0 aliphatic rings. The number of nitrogens with zero attached hydrogens (tertiary/aromatic N) is 3. The van der Waals surface area contributed by atoms with Crippen LogP contribution < -0.4 is 16.6 Å². The molecule has 1 aromatic heterocycles. The second-order valence-corrected chi connectivity index (χ2v) is 5.38. The van der Waals surface area contributed by atoms with Crippen molar-refractivity contribution in [3.63, 3.8) is 0 Å². The lowest BCUT2D eigenvalue weighted by Gasteiger charge is -2.07. The molecule has 0 aliphatic heterocycles. The number of thioether (sulfide) groups is 1. The summed E-state index contributed by atoms with van der Waals surface area (Å²) in [4.78, 5) is 24.5. The van der Waals surface area contributed by atoms with Crippen LogP contribution in [0.2, 0.25) is 0 Å². The number of nitrogens with one attached hydrogen (secondary N) is 1. The van der Waals surface area contributed by atoms with Gasteiger partial charge in [-0.2, -0.15) is 0 Å². The van der Waals surface area contributed by atoms with Crippen molar-refractivity contribution in [1.82, 2.24) is 14.3 Å². The van der Waals surface area contributed by atoms with Gasteiger partial charge in [0.1, 0.15) is 0 Å². The van der Waals surface area contributed by atoms with Crippen molar-refractivity contribution in [3.8, 4) is 0 Å². The number of aromatic nitrogens is 3. The van der Waals surface area contributed by atoms with Gasteiger partial charge in [0.2, 0.25) is 5.82 Å². The summed E-state index contributed by atoms with van der Waals surface area (Å²) in [6, 6.07) is 10.0. The molecule has 7 heteroatoms. The van der Waals surface area contributed by atoms with Gasteiger partial charge in [-0.25, -0.2) is 9.48 Å². The minimum atomic E-state index is -0.431. The fourth-order valence-corrected chi connectivity index (χ4v) is 2.45. The zero-order chi connectivity index (χ0) is 14.5. The molecule has 0 radical (unpaired) electrons. The Labute approximate surface area is 120 Å². The molecule has 0 unspecified atom stereocenters. The molecular weight excluding hydrogens is 276 g/mol. The smallest absolute Gasteiger partial charge is 0.346 e. The van der Waals surface area contributed by atoms with Gasteiger partial charge in [-0.15, -0.1) is 16.9 Å². The molecule has 0 saturated carbocycles. The zero-order valence-corrected chi connectivity index (χ0v) is 12.2. The highest BCUT2D eigenvalue weighted by molar-refractivity contribution is 7.99. The average molecular weight is 292 g/mol. The van der Waals surface area contributed by atoms with Crippen LogP contribution in [0.1, 0.15) is 0 Å². The third-order valence-corrected chi connectivity index (χ3v) is 3.74. The second kappa shape index (κ2) is 6.42. The number of rotatable bonds is 5. The van der Waals surface area contributed by atoms with Crippen molar-refractivity contribution < 1.29 is 0 Å². The Morgan fingerprint density at radius 3 is 2.60 bits per heavy atom. The molecule has 2 aromatic rings. The van der Waals surface area contributed by atoms with Crippen molar-refractivity contribution in [2.45, 2.75) is 4.90 Å². The van der Waals surface area contributed by atoms with Crippen molar-refractivity contribution >= 4 is 17.6 Å². The van der Waals surface area contributed by atoms with E-state index in [-0.39, 0.29) is 5.82 Å². The summed E-state index contributed by atoms with van der Waals surface area (Å²) in [5.41, 5.74) is -0.836. The first-order valence-electron chi connectivity index (χ1n) is 6.15. The Morgan fingerprint density at radius 2 is 1.90 bits per heavy atom. The molecule has 20 heavy (non-hydrogen) atoms. The summed E-state index contributed by atoms with van der Waals surface area (Å²) < 4.78 is 2.19. The first-order chi connectivity index (χ1) is 9.59. The molecule has 2 rings (SSSR count). The first-order valence-corrected chi connectivity index (χ1v) is 7.14. The van der Waals surface area contributed by atoms with Gasteiger partial charge in [0.25, 0.3) is 5.56 Å². The van der Waals surface area contributed by atoms with Crippen LogP contribution >= 0.6 is 11.8 Å². The third kappa shape index (κ3) is 3.30. The Bertz CT molecular complexity index is 694. The largest absolute Gasteiger partial charge is 0.363 e. The Hall–Kier alpha value is -2.02.